The van der Waals surface area contributed by atoms with E-state index in [1.165, 1.54) is 34.1 Å². The smallest absolute Gasteiger partial charge is 0.258 e. The van der Waals surface area contributed by atoms with E-state index < -0.39 is 35.8 Å². The summed E-state index contributed by atoms with van der Waals surface area (Å²) in [5, 5.41) is 40.5. The van der Waals surface area contributed by atoms with E-state index in [9.17, 15) is 30.2 Å². The number of nitrogens with one attached hydrogen (secondary N) is 2. The molecule has 50 heavy (non-hydrogen) atoms. The van der Waals surface area contributed by atoms with Crippen molar-refractivity contribution in [2.24, 2.45) is 0 Å². The first-order chi connectivity index (χ1) is 24.2. The average Bonchev–Trinajstić information content (AvgIpc) is 3.49. The molecular weight excluding hydrogens is 630 g/mol. The fraction of sp³-hybridized carbons (Fsp3) is 0.184. The summed E-state index contributed by atoms with van der Waals surface area (Å²) in [7, 11) is 1.63. The molecule has 0 aliphatic carbocycles. The van der Waals surface area contributed by atoms with Crippen LogP contribution in [0.3, 0.4) is 0 Å². The lowest BCUT2D eigenvalue weighted by atomic mass is 10.0. The van der Waals surface area contributed by atoms with Gasteiger partial charge >= 0.3 is 0 Å². The van der Waals surface area contributed by atoms with Gasteiger partial charge in [0, 0.05) is 10.9 Å². The lowest BCUT2D eigenvalue weighted by molar-refractivity contribution is -0.128. The third kappa shape index (κ3) is 5.90. The van der Waals surface area contributed by atoms with Crippen molar-refractivity contribution < 1.29 is 14.4 Å². The highest BCUT2D eigenvalue weighted by molar-refractivity contribution is 6.13. The van der Waals surface area contributed by atoms with E-state index in [1.54, 1.807) is 62.0 Å². The number of hydrogen-bond acceptors (Lipinski definition) is 8. The molecule has 2 N–H and O–H groups in total. The highest BCUT2D eigenvalue weighted by Gasteiger charge is 2.43. The molecule has 0 radical (unpaired) electrons. The van der Waals surface area contributed by atoms with Gasteiger partial charge in [-0.3, -0.25) is 14.4 Å². The summed E-state index contributed by atoms with van der Waals surface area (Å²) in [6, 6.07) is 29.0. The Morgan fingerprint density at radius 1 is 0.860 bits per heavy atom. The maximum Gasteiger partial charge on any atom is 0.258 e. The van der Waals surface area contributed by atoms with Crippen molar-refractivity contribution in [1.82, 2.24) is 20.4 Å². The average molecular weight is 662 g/mol. The van der Waals surface area contributed by atoms with Crippen LogP contribution in [-0.2, 0) is 16.1 Å². The van der Waals surface area contributed by atoms with Crippen LogP contribution in [0.1, 0.15) is 46.6 Å². The lowest BCUT2D eigenvalue weighted by Gasteiger charge is -2.32. The lowest BCUT2D eigenvalue weighted by Crippen LogP contribution is -2.59. The molecule has 246 valence electrons. The Kier molecular flexibility index (Phi) is 9.09. The van der Waals surface area contributed by atoms with Gasteiger partial charge in [0.15, 0.2) is 0 Å². The molecule has 4 aromatic carbocycles. The third-order valence-corrected chi connectivity index (χ3v) is 8.90. The van der Waals surface area contributed by atoms with Crippen LogP contribution >= 0.6 is 0 Å². The number of hydrogen-bond donors (Lipinski definition) is 2. The second-order valence-corrected chi connectivity index (χ2v) is 11.8. The Hall–Kier alpha value is -6.81. The van der Waals surface area contributed by atoms with Gasteiger partial charge in [0.1, 0.15) is 12.1 Å². The van der Waals surface area contributed by atoms with Crippen LogP contribution in [0.2, 0.25) is 0 Å². The Balaban J connectivity index is 1.54. The molecule has 3 amide bonds. The Morgan fingerprint density at radius 3 is 2.24 bits per heavy atom. The number of aromatic nitrogens is 2. The number of amides is 3. The van der Waals surface area contributed by atoms with Crippen LogP contribution in [0, 0.1) is 34.0 Å². The van der Waals surface area contributed by atoms with Crippen LogP contribution in [0.5, 0.6) is 0 Å². The van der Waals surface area contributed by atoms with Crippen molar-refractivity contribution in [2.75, 3.05) is 16.8 Å². The summed E-state index contributed by atoms with van der Waals surface area (Å²) < 4.78 is 1.67. The van der Waals surface area contributed by atoms with Gasteiger partial charge in [-0.1, -0.05) is 30.3 Å². The first kappa shape index (κ1) is 33.1. The van der Waals surface area contributed by atoms with Gasteiger partial charge in [-0.2, -0.15) is 20.9 Å². The molecule has 0 saturated heterocycles. The number of nitrogens with zero attached hydrogens (tertiary/aromatic N) is 7. The number of likely N-dealkylation sites (N-methyl/N-ethyl adjacent to an activating group) is 1. The van der Waals surface area contributed by atoms with Crippen LogP contribution in [0.25, 0.3) is 16.6 Å². The van der Waals surface area contributed by atoms with Crippen LogP contribution in [0.4, 0.5) is 11.4 Å². The minimum Gasteiger partial charge on any atom is -0.341 e. The van der Waals surface area contributed by atoms with Crippen molar-refractivity contribution >= 4 is 40.0 Å². The summed E-state index contributed by atoms with van der Waals surface area (Å²) in [6.45, 7) is 3.26. The minimum atomic E-state index is -1.22. The fourth-order valence-electron chi connectivity index (χ4n) is 6.09. The van der Waals surface area contributed by atoms with Crippen molar-refractivity contribution in [3.8, 4) is 23.9 Å². The number of fused-ring (bicyclic) bond motifs is 2. The van der Waals surface area contributed by atoms with Crippen molar-refractivity contribution in [2.45, 2.75) is 38.5 Å². The second kappa shape index (κ2) is 13.7. The van der Waals surface area contributed by atoms with Crippen molar-refractivity contribution in [3.05, 3.63) is 119 Å². The summed E-state index contributed by atoms with van der Waals surface area (Å²) in [5.41, 5.74) is 3.70. The van der Waals surface area contributed by atoms with Gasteiger partial charge in [0.25, 0.3) is 11.8 Å². The van der Waals surface area contributed by atoms with E-state index >= 15 is 0 Å². The van der Waals surface area contributed by atoms with E-state index in [0.717, 1.165) is 5.39 Å². The zero-order chi connectivity index (χ0) is 35.5. The largest absolute Gasteiger partial charge is 0.341 e. The number of rotatable bonds is 7. The molecule has 2 heterocycles. The maximum absolute atomic E-state index is 14.8. The Labute approximate surface area is 288 Å². The third-order valence-electron chi connectivity index (χ3n) is 8.90. The summed E-state index contributed by atoms with van der Waals surface area (Å²) in [6.07, 6.45) is 0. The molecule has 5 aromatic rings. The molecule has 0 saturated carbocycles. The Bertz CT molecular complexity index is 2270. The van der Waals surface area contributed by atoms with Crippen molar-refractivity contribution in [3.63, 3.8) is 0 Å². The van der Waals surface area contributed by atoms with Gasteiger partial charge < -0.3 is 20.4 Å². The normalized spacial score (nSPS) is 16.0. The van der Waals surface area contributed by atoms with E-state index in [2.05, 4.69) is 22.8 Å². The molecular formula is C38H31N9O3. The predicted molar refractivity (Wildman–Crippen MR) is 186 cm³/mol. The molecule has 0 bridgehead atoms. The monoisotopic (exact) mass is 661 g/mol. The van der Waals surface area contributed by atoms with Gasteiger partial charge in [-0.25, -0.2) is 4.68 Å². The maximum atomic E-state index is 14.8. The molecule has 0 spiro atoms. The molecule has 1 aromatic heterocycles. The zero-order valence-electron chi connectivity index (χ0n) is 27.5. The topological polar surface area (TPSA) is 171 Å². The fourth-order valence-corrected chi connectivity index (χ4v) is 6.09. The molecule has 3 atom stereocenters. The zero-order valence-corrected chi connectivity index (χ0v) is 27.5. The quantitative estimate of drug-likeness (QED) is 0.260. The number of nitriles is 3. The molecule has 12 nitrogen and oxygen atoms in total. The summed E-state index contributed by atoms with van der Waals surface area (Å²) in [4.78, 5) is 45.4. The van der Waals surface area contributed by atoms with Gasteiger partial charge in [-0.15, -0.1) is 0 Å². The SMILES string of the molecule is CN[C@@H](C)C(=O)N[C@@H]1C(=O)N(Cc2nn(-c3ccccc3C#N)c3ccccc23)c2ccc(C#N)cc2N(C(=O)c2ccc(C#N)cc2)[C@H]1C. The molecule has 1 aliphatic rings. The molecule has 6 rings (SSSR count). The van der Waals surface area contributed by atoms with Crippen LogP contribution < -0.4 is 20.4 Å². The second-order valence-electron chi connectivity index (χ2n) is 11.8. The summed E-state index contributed by atoms with van der Waals surface area (Å²) >= 11 is 0. The van der Waals surface area contributed by atoms with Gasteiger partial charge in [0.05, 0.1) is 75.7 Å². The standard InChI is InChI=1S/C38H31N9O3/c1-23(42-3)36(48)43-35-24(2)46(37(49)27-15-12-25(19-39)13-16-27)34-18-26(20-40)14-17-33(34)45(38(35)50)22-30-29-9-5-7-11-32(29)47(44-30)31-10-6-4-8-28(31)21-41/h4-18,23-24,35,42H,22H2,1-3H3,(H,43,48)/t23-,24-,35-/m0/s1. The number of carbonyl (C=O) groups is 3. The van der Waals surface area contributed by atoms with Crippen molar-refractivity contribution in [1.29, 1.82) is 15.8 Å². The molecule has 0 fully saturated rings. The van der Waals surface area contributed by atoms with Gasteiger partial charge in [-0.05, 0) is 81.6 Å². The minimum absolute atomic E-state index is 0.0699. The number of anilines is 2. The number of carbonyl (C=O) groups excluding carboxylic acids is 3. The molecule has 0 unspecified atom stereocenters. The molecule has 12 heteroatoms. The van der Waals surface area contributed by atoms with Gasteiger partial charge in [0.2, 0.25) is 5.91 Å². The molecule has 1 aliphatic heterocycles. The summed E-state index contributed by atoms with van der Waals surface area (Å²) in [5.74, 6) is -1.43. The highest BCUT2D eigenvalue weighted by Crippen LogP contribution is 2.39. The van der Waals surface area contributed by atoms with E-state index in [1.807, 2.05) is 36.4 Å². The first-order valence-electron chi connectivity index (χ1n) is 15.8. The van der Waals surface area contributed by atoms with Crippen LogP contribution in [-0.4, -0.2) is 52.7 Å². The predicted octanol–water partition coefficient (Wildman–Crippen LogP) is 4.32. The highest BCUT2D eigenvalue weighted by atomic mass is 16.2. The van der Waals surface area contributed by atoms with E-state index in [-0.39, 0.29) is 23.4 Å². The Morgan fingerprint density at radius 2 is 1.54 bits per heavy atom. The number of para-hydroxylation sites is 2. The first-order valence-corrected chi connectivity index (χ1v) is 15.8. The number of benzene rings is 4. The van der Waals surface area contributed by atoms with E-state index in [0.29, 0.717) is 33.7 Å². The van der Waals surface area contributed by atoms with E-state index in [4.69, 9.17) is 5.10 Å². The van der Waals surface area contributed by atoms with Crippen LogP contribution in [0.15, 0.2) is 91.0 Å².